The predicted octanol–water partition coefficient (Wildman–Crippen LogP) is 2.10. The third-order valence-electron chi connectivity index (χ3n) is 1.81. The number of rotatable bonds is 3. The number of nitro groups is 1. The Morgan fingerprint density at radius 1 is 1.53 bits per heavy atom. The largest absolute Gasteiger partial charge is 0.368 e. The zero-order chi connectivity index (χ0) is 12.4. The van der Waals surface area contributed by atoms with Gasteiger partial charge in [-0.05, 0) is 17.8 Å². The summed E-state index contributed by atoms with van der Waals surface area (Å²) in [6.45, 7) is 0. The van der Waals surface area contributed by atoms with Crippen LogP contribution in [0.25, 0.3) is 0 Å². The van der Waals surface area contributed by atoms with Crippen molar-refractivity contribution in [1.82, 2.24) is 15.2 Å². The number of non-ortho nitro benzene ring substituents is 1. The molecular weight excluding hydrogens is 266 g/mol. The summed E-state index contributed by atoms with van der Waals surface area (Å²) in [6, 6.07) is 4.18. The predicted molar refractivity (Wildman–Crippen MR) is 63.0 cm³/mol. The zero-order valence-corrected chi connectivity index (χ0v) is 9.83. The van der Waals surface area contributed by atoms with Crippen molar-refractivity contribution in [3.8, 4) is 0 Å². The van der Waals surface area contributed by atoms with Gasteiger partial charge < -0.3 is 5.73 Å². The first-order chi connectivity index (χ1) is 8.06. The van der Waals surface area contributed by atoms with Crippen LogP contribution in [0.1, 0.15) is 0 Å². The van der Waals surface area contributed by atoms with E-state index in [1.54, 1.807) is 0 Å². The van der Waals surface area contributed by atoms with Crippen LogP contribution in [-0.4, -0.2) is 20.1 Å². The van der Waals surface area contributed by atoms with Crippen molar-refractivity contribution >= 4 is 35.0 Å². The van der Waals surface area contributed by atoms with Gasteiger partial charge in [0, 0.05) is 17.0 Å². The Morgan fingerprint density at radius 2 is 2.29 bits per heavy atom. The molecule has 0 amide bonds. The van der Waals surface area contributed by atoms with Gasteiger partial charge in [-0.25, -0.2) is 5.10 Å². The van der Waals surface area contributed by atoms with E-state index in [-0.39, 0.29) is 16.7 Å². The zero-order valence-electron chi connectivity index (χ0n) is 8.25. The van der Waals surface area contributed by atoms with Crippen molar-refractivity contribution in [2.24, 2.45) is 0 Å². The smallest absolute Gasteiger partial charge is 0.270 e. The molecule has 1 heterocycles. The van der Waals surface area contributed by atoms with Crippen molar-refractivity contribution in [3.05, 3.63) is 33.3 Å². The molecule has 0 radical (unpaired) electrons. The number of aromatic amines is 1. The SMILES string of the molecule is Nc1nc(Sc2ccc([N+](=O)[O-])cc2Cl)n[nH]1. The molecular formula is C8H6ClN5O2S. The molecule has 0 atom stereocenters. The molecule has 0 aliphatic carbocycles. The molecule has 7 nitrogen and oxygen atoms in total. The Kier molecular flexibility index (Phi) is 3.16. The molecule has 17 heavy (non-hydrogen) atoms. The molecule has 3 N–H and O–H groups in total. The first kappa shape index (κ1) is 11.7. The second-order valence-corrected chi connectivity index (χ2v) is 4.39. The van der Waals surface area contributed by atoms with Crippen molar-refractivity contribution in [3.63, 3.8) is 0 Å². The van der Waals surface area contributed by atoms with Crippen molar-refractivity contribution in [2.45, 2.75) is 10.1 Å². The minimum absolute atomic E-state index is 0.0612. The molecule has 88 valence electrons. The van der Waals surface area contributed by atoms with E-state index in [1.807, 2.05) is 0 Å². The summed E-state index contributed by atoms with van der Waals surface area (Å²) in [7, 11) is 0. The van der Waals surface area contributed by atoms with E-state index in [0.717, 1.165) is 0 Å². The molecule has 2 rings (SSSR count). The lowest BCUT2D eigenvalue weighted by molar-refractivity contribution is -0.384. The number of nitrogens with one attached hydrogen (secondary N) is 1. The highest BCUT2D eigenvalue weighted by Gasteiger charge is 2.12. The molecule has 1 aromatic heterocycles. The number of hydrogen-bond donors (Lipinski definition) is 2. The summed E-state index contributed by atoms with van der Waals surface area (Å²) in [5.41, 5.74) is 5.31. The van der Waals surface area contributed by atoms with E-state index in [4.69, 9.17) is 17.3 Å². The highest BCUT2D eigenvalue weighted by Crippen LogP contribution is 2.33. The molecule has 0 bridgehead atoms. The molecule has 2 aromatic rings. The van der Waals surface area contributed by atoms with Gasteiger partial charge in [0.25, 0.3) is 5.69 Å². The number of benzene rings is 1. The van der Waals surface area contributed by atoms with Crippen molar-refractivity contribution in [2.75, 3.05) is 5.73 Å². The Hall–Kier alpha value is -1.80. The van der Waals surface area contributed by atoms with Gasteiger partial charge in [0.1, 0.15) is 0 Å². The minimum atomic E-state index is -0.509. The van der Waals surface area contributed by atoms with E-state index in [9.17, 15) is 10.1 Å². The Balaban J connectivity index is 2.25. The highest BCUT2D eigenvalue weighted by atomic mass is 35.5. The van der Waals surface area contributed by atoms with Gasteiger partial charge in [0.05, 0.1) is 9.95 Å². The number of anilines is 1. The molecule has 0 saturated heterocycles. The number of nitro benzene ring substituents is 1. The van der Waals surface area contributed by atoms with Crippen LogP contribution in [-0.2, 0) is 0 Å². The van der Waals surface area contributed by atoms with E-state index >= 15 is 0 Å². The molecule has 9 heteroatoms. The first-order valence-corrected chi connectivity index (χ1v) is 5.55. The maximum atomic E-state index is 10.5. The Labute approximate surface area is 105 Å². The van der Waals surface area contributed by atoms with Crippen LogP contribution in [0, 0.1) is 10.1 Å². The van der Waals surface area contributed by atoms with Gasteiger partial charge in [0.15, 0.2) is 0 Å². The first-order valence-electron chi connectivity index (χ1n) is 4.36. The van der Waals surface area contributed by atoms with Crippen LogP contribution in [0.3, 0.4) is 0 Å². The number of hydrogen-bond acceptors (Lipinski definition) is 6. The number of halogens is 1. The number of nitrogen functional groups attached to an aromatic ring is 1. The molecule has 0 aliphatic rings. The highest BCUT2D eigenvalue weighted by molar-refractivity contribution is 7.99. The lowest BCUT2D eigenvalue weighted by atomic mass is 10.3. The van der Waals surface area contributed by atoms with Crippen LogP contribution in [0.15, 0.2) is 28.3 Å². The number of nitrogens with two attached hydrogens (primary N) is 1. The monoisotopic (exact) mass is 271 g/mol. The maximum Gasteiger partial charge on any atom is 0.270 e. The van der Waals surface area contributed by atoms with Crippen LogP contribution >= 0.6 is 23.4 Å². The normalized spacial score (nSPS) is 10.4. The van der Waals surface area contributed by atoms with E-state index < -0.39 is 4.92 Å². The van der Waals surface area contributed by atoms with Crippen molar-refractivity contribution < 1.29 is 4.92 Å². The second kappa shape index (κ2) is 4.60. The topological polar surface area (TPSA) is 111 Å². The van der Waals surface area contributed by atoms with Gasteiger partial charge in [-0.1, -0.05) is 11.6 Å². The van der Waals surface area contributed by atoms with Gasteiger partial charge in [-0.15, -0.1) is 5.10 Å². The quantitative estimate of drug-likeness (QED) is 0.653. The lowest BCUT2D eigenvalue weighted by Crippen LogP contribution is -1.88. The fraction of sp³-hybridized carbons (Fsp3) is 0. The summed E-state index contributed by atoms with van der Waals surface area (Å²) in [6.07, 6.45) is 0. The molecule has 0 fully saturated rings. The van der Waals surface area contributed by atoms with Gasteiger partial charge in [-0.3, -0.25) is 10.1 Å². The molecule has 1 aromatic carbocycles. The molecule has 0 spiro atoms. The van der Waals surface area contributed by atoms with E-state index in [0.29, 0.717) is 10.1 Å². The van der Waals surface area contributed by atoms with Crippen LogP contribution in [0.4, 0.5) is 11.6 Å². The fourth-order valence-corrected chi connectivity index (χ4v) is 2.10. The summed E-state index contributed by atoms with van der Waals surface area (Å²) in [5, 5.41) is 17.5. The molecule has 0 aliphatic heterocycles. The Morgan fingerprint density at radius 3 is 2.82 bits per heavy atom. The van der Waals surface area contributed by atoms with Gasteiger partial charge in [-0.2, -0.15) is 4.98 Å². The van der Waals surface area contributed by atoms with E-state index in [2.05, 4.69) is 15.2 Å². The third kappa shape index (κ3) is 2.66. The van der Waals surface area contributed by atoms with Gasteiger partial charge >= 0.3 is 0 Å². The van der Waals surface area contributed by atoms with Gasteiger partial charge in [0.2, 0.25) is 11.1 Å². The number of H-pyrrole nitrogens is 1. The summed E-state index contributed by atoms with van der Waals surface area (Å²) >= 11 is 7.08. The summed E-state index contributed by atoms with van der Waals surface area (Å²) in [4.78, 5) is 14.5. The number of nitrogens with zero attached hydrogens (tertiary/aromatic N) is 3. The fourth-order valence-electron chi connectivity index (χ4n) is 1.09. The molecule has 0 unspecified atom stereocenters. The summed E-state index contributed by atoms with van der Waals surface area (Å²) < 4.78 is 0. The second-order valence-electron chi connectivity index (χ2n) is 2.98. The summed E-state index contributed by atoms with van der Waals surface area (Å²) in [5.74, 6) is 0.200. The average molecular weight is 272 g/mol. The number of aromatic nitrogens is 3. The van der Waals surface area contributed by atoms with Crippen LogP contribution < -0.4 is 5.73 Å². The standard InChI is InChI=1S/C8H6ClN5O2S/c9-5-3-4(14(15)16)1-2-6(5)17-8-11-7(10)12-13-8/h1-3H,(H3,10,11,12,13). The molecule has 0 saturated carbocycles. The van der Waals surface area contributed by atoms with Crippen molar-refractivity contribution in [1.29, 1.82) is 0 Å². The van der Waals surface area contributed by atoms with Crippen LogP contribution in [0.5, 0.6) is 0 Å². The van der Waals surface area contributed by atoms with Crippen LogP contribution in [0.2, 0.25) is 5.02 Å². The lowest BCUT2D eigenvalue weighted by Gasteiger charge is -2.00. The van der Waals surface area contributed by atoms with E-state index in [1.165, 1.54) is 30.0 Å². The Bertz CT molecular complexity index is 573. The third-order valence-corrected chi connectivity index (χ3v) is 3.18. The average Bonchev–Trinajstić information content (AvgIpc) is 2.67. The maximum absolute atomic E-state index is 10.5. The minimum Gasteiger partial charge on any atom is -0.368 e.